The van der Waals surface area contributed by atoms with Crippen LogP contribution >= 0.6 is 0 Å². The number of aromatic nitrogens is 1. The Balaban J connectivity index is 0.937. The van der Waals surface area contributed by atoms with E-state index in [0.29, 0.717) is 0 Å². The highest BCUT2D eigenvalue weighted by Gasteiger charge is 2.52. The fraction of sp³-hybridized carbons (Fsp3) is 0.0137. The fourth-order valence-corrected chi connectivity index (χ4v) is 12.8. The van der Waals surface area contributed by atoms with E-state index in [-0.39, 0.29) is 0 Å². The first-order valence-corrected chi connectivity index (χ1v) is 26.3. The third-order valence-electron chi connectivity index (χ3n) is 16.0. The Morgan fingerprint density at radius 2 is 0.776 bits per heavy atom. The molecule has 1 aliphatic carbocycles. The van der Waals surface area contributed by atoms with Crippen molar-refractivity contribution in [1.82, 2.24) is 4.57 Å². The summed E-state index contributed by atoms with van der Waals surface area (Å²) in [5.74, 6) is 0. The first kappa shape index (κ1) is 43.6. The molecule has 0 bridgehead atoms. The molecule has 0 amide bonds. The Hall–Kier alpha value is -9.96. The summed E-state index contributed by atoms with van der Waals surface area (Å²) < 4.78 is 2.40. The Kier molecular flexibility index (Phi) is 10.1. The molecule has 0 saturated carbocycles. The van der Waals surface area contributed by atoms with Gasteiger partial charge in [0, 0.05) is 39.1 Å². The van der Waals surface area contributed by atoms with Gasteiger partial charge in [-0.05, 0) is 140 Å². The highest BCUT2D eigenvalue weighted by Crippen LogP contribution is 2.64. The zero-order chi connectivity index (χ0) is 50.2. The van der Waals surface area contributed by atoms with Crippen molar-refractivity contribution in [2.24, 2.45) is 0 Å². The number of anilines is 6. The van der Waals surface area contributed by atoms with Gasteiger partial charge < -0.3 is 14.4 Å². The van der Waals surface area contributed by atoms with Crippen molar-refractivity contribution in [2.75, 3.05) is 9.80 Å². The summed E-state index contributed by atoms with van der Waals surface area (Å²) in [6.45, 7) is 0. The van der Waals surface area contributed by atoms with Gasteiger partial charge in [-0.15, -0.1) is 0 Å². The minimum Gasteiger partial charge on any atom is -0.310 e. The third kappa shape index (κ3) is 6.62. The van der Waals surface area contributed by atoms with Gasteiger partial charge in [0.1, 0.15) is 0 Å². The molecule has 3 heteroatoms. The van der Waals surface area contributed by atoms with Gasteiger partial charge in [-0.25, -0.2) is 0 Å². The lowest BCUT2D eigenvalue weighted by molar-refractivity contribution is 0.752. The highest BCUT2D eigenvalue weighted by atomic mass is 15.2. The number of nitrogens with zero attached hydrogens (tertiary/aromatic N) is 3. The van der Waals surface area contributed by atoms with Crippen LogP contribution in [-0.2, 0) is 5.41 Å². The molecule has 356 valence electrons. The molecule has 2 heterocycles. The standard InChI is InChI=1S/C73H49N3/c1-3-22-51(23-4-1)57-28-7-8-29-58(57)61-31-10-16-37-68(61)74(54-44-42-50(43-45-54)52-24-21-27-55(48-52)76-69-38-17-11-32-62(69)63-33-12-18-39-70(63)76)56-46-47-60-59-30-9-13-34-64(59)73(67(60)49-56)65-35-14-19-40-71(65)75(53-25-5-2-6-26-53)72-41-20-15-36-66(72)73/h1-49H. The van der Waals surface area contributed by atoms with Gasteiger partial charge in [0.15, 0.2) is 0 Å². The van der Waals surface area contributed by atoms with Crippen LogP contribution < -0.4 is 9.80 Å². The molecule has 12 aromatic carbocycles. The van der Waals surface area contributed by atoms with E-state index in [1.165, 1.54) is 83.3 Å². The maximum absolute atomic E-state index is 2.50. The van der Waals surface area contributed by atoms with Gasteiger partial charge in [0.25, 0.3) is 0 Å². The number of hydrogen-bond donors (Lipinski definition) is 0. The SMILES string of the molecule is c1ccc(-c2ccccc2-c2ccccc2N(c2ccc(-c3cccc(-n4c5ccccc5c5ccccc54)c3)cc2)c2ccc3c(c2)C2(c4ccccc4-3)c3ccccc3N(c3ccccc3)c3ccccc32)cc1. The van der Waals surface area contributed by atoms with Gasteiger partial charge in [-0.2, -0.15) is 0 Å². The van der Waals surface area contributed by atoms with E-state index in [2.05, 4.69) is 312 Å². The first-order valence-electron chi connectivity index (χ1n) is 26.3. The summed E-state index contributed by atoms with van der Waals surface area (Å²) >= 11 is 0. The van der Waals surface area contributed by atoms with Crippen LogP contribution in [0.1, 0.15) is 22.3 Å². The lowest BCUT2D eigenvalue weighted by atomic mass is 9.64. The van der Waals surface area contributed by atoms with Crippen LogP contribution in [0.25, 0.3) is 72.0 Å². The molecule has 0 atom stereocenters. The molecule has 76 heavy (non-hydrogen) atoms. The van der Waals surface area contributed by atoms with Crippen LogP contribution in [0.15, 0.2) is 297 Å². The fourth-order valence-electron chi connectivity index (χ4n) is 12.8. The van der Waals surface area contributed by atoms with Crippen LogP contribution in [0.4, 0.5) is 34.1 Å². The molecule has 0 fully saturated rings. The van der Waals surface area contributed by atoms with Crippen molar-refractivity contribution in [2.45, 2.75) is 5.41 Å². The van der Waals surface area contributed by atoms with E-state index in [9.17, 15) is 0 Å². The van der Waals surface area contributed by atoms with Crippen molar-refractivity contribution >= 4 is 55.9 Å². The summed E-state index contributed by atoms with van der Waals surface area (Å²) in [5.41, 5.74) is 24.3. The minimum atomic E-state index is -0.614. The molecule has 0 saturated heterocycles. The monoisotopic (exact) mass is 967 g/mol. The molecule has 15 rings (SSSR count). The van der Waals surface area contributed by atoms with Crippen molar-refractivity contribution in [3.05, 3.63) is 320 Å². The summed E-state index contributed by atoms with van der Waals surface area (Å²) in [6.07, 6.45) is 0. The average molecular weight is 968 g/mol. The third-order valence-corrected chi connectivity index (χ3v) is 16.0. The Bertz CT molecular complexity index is 4260. The zero-order valence-corrected chi connectivity index (χ0v) is 41.6. The van der Waals surface area contributed by atoms with Gasteiger partial charge in [-0.1, -0.05) is 218 Å². The molecular weight excluding hydrogens is 919 g/mol. The van der Waals surface area contributed by atoms with E-state index in [1.807, 2.05) is 0 Å². The molecule has 1 spiro atoms. The lowest BCUT2D eigenvalue weighted by Gasteiger charge is -2.45. The molecular formula is C73H49N3. The van der Waals surface area contributed by atoms with Gasteiger partial charge in [0.2, 0.25) is 0 Å². The van der Waals surface area contributed by atoms with Crippen LogP contribution in [0.5, 0.6) is 0 Å². The second-order valence-electron chi connectivity index (χ2n) is 20.0. The number of hydrogen-bond acceptors (Lipinski definition) is 2. The summed E-state index contributed by atoms with van der Waals surface area (Å²) in [4.78, 5) is 4.94. The van der Waals surface area contributed by atoms with Gasteiger partial charge >= 0.3 is 0 Å². The maximum Gasteiger partial charge on any atom is 0.0755 e. The van der Waals surface area contributed by atoms with Gasteiger partial charge in [-0.3, -0.25) is 0 Å². The normalized spacial score (nSPS) is 12.8. The molecule has 0 radical (unpaired) electrons. The number of fused-ring (bicyclic) bond motifs is 12. The maximum atomic E-state index is 2.50. The second-order valence-corrected chi connectivity index (χ2v) is 20.0. The number of rotatable bonds is 8. The van der Waals surface area contributed by atoms with E-state index in [1.54, 1.807) is 0 Å². The molecule has 1 aromatic heterocycles. The predicted molar refractivity (Wildman–Crippen MR) is 317 cm³/mol. The Morgan fingerprint density at radius 1 is 0.276 bits per heavy atom. The van der Waals surface area contributed by atoms with Crippen molar-refractivity contribution in [3.8, 4) is 50.2 Å². The van der Waals surface area contributed by atoms with Crippen LogP contribution in [0.2, 0.25) is 0 Å². The topological polar surface area (TPSA) is 11.4 Å². The number of benzene rings is 12. The average Bonchev–Trinajstić information content (AvgIpc) is 4.20. The summed E-state index contributed by atoms with van der Waals surface area (Å²) in [6, 6.07) is 109. The molecule has 1 aliphatic heterocycles. The van der Waals surface area contributed by atoms with Crippen LogP contribution in [0, 0.1) is 0 Å². The van der Waals surface area contributed by atoms with Crippen molar-refractivity contribution < 1.29 is 0 Å². The highest BCUT2D eigenvalue weighted by molar-refractivity contribution is 6.09. The molecule has 2 aliphatic rings. The molecule has 13 aromatic rings. The van der Waals surface area contributed by atoms with Crippen molar-refractivity contribution in [3.63, 3.8) is 0 Å². The summed E-state index contributed by atoms with van der Waals surface area (Å²) in [5, 5.41) is 2.51. The molecule has 0 unspecified atom stereocenters. The largest absolute Gasteiger partial charge is 0.310 e. The Labute approximate surface area is 443 Å². The van der Waals surface area contributed by atoms with E-state index < -0.39 is 5.41 Å². The van der Waals surface area contributed by atoms with Gasteiger partial charge in [0.05, 0.1) is 33.5 Å². The summed E-state index contributed by atoms with van der Waals surface area (Å²) in [7, 11) is 0. The molecule has 3 nitrogen and oxygen atoms in total. The molecule has 0 N–H and O–H groups in total. The Morgan fingerprint density at radius 3 is 1.47 bits per heavy atom. The smallest absolute Gasteiger partial charge is 0.0755 e. The van der Waals surface area contributed by atoms with Crippen molar-refractivity contribution in [1.29, 1.82) is 0 Å². The quantitative estimate of drug-likeness (QED) is 0.150. The zero-order valence-electron chi connectivity index (χ0n) is 41.6. The predicted octanol–water partition coefficient (Wildman–Crippen LogP) is 19.4. The first-order chi connectivity index (χ1) is 37.7. The minimum absolute atomic E-state index is 0.614. The number of para-hydroxylation sites is 6. The van der Waals surface area contributed by atoms with Crippen LogP contribution in [0.3, 0.4) is 0 Å². The van der Waals surface area contributed by atoms with E-state index >= 15 is 0 Å². The second kappa shape index (κ2) is 17.6. The lowest BCUT2D eigenvalue weighted by Crippen LogP contribution is -2.36. The van der Waals surface area contributed by atoms with Crippen LogP contribution in [-0.4, -0.2) is 4.57 Å². The van der Waals surface area contributed by atoms with E-state index in [0.717, 1.165) is 45.1 Å². The van der Waals surface area contributed by atoms with E-state index in [4.69, 9.17) is 0 Å².